The minimum Gasteiger partial charge on any atom is -0.473 e. The number of aromatic nitrogens is 2. The molecule has 1 heterocycles. The third-order valence-electron chi connectivity index (χ3n) is 3.34. The number of rotatable bonds is 8. The Hall–Kier alpha value is -0.750. The molecule has 1 saturated carbocycles. The maximum Gasteiger partial charge on any atom is 0.382 e. The highest BCUT2D eigenvalue weighted by atomic mass is 32.5. The van der Waals surface area contributed by atoms with Gasteiger partial charge in [0.2, 0.25) is 11.8 Å². The smallest absolute Gasteiger partial charge is 0.382 e. The monoisotopic (exact) mass is 374 g/mol. The van der Waals surface area contributed by atoms with Gasteiger partial charge >= 0.3 is 6.72 Å². The van der Waals surface area contributed by atoms with Gasteiger partial charge < -0.3 is 9.26 Å². The van der Waals surface area contributed by atoms with E-state index in [1.165, 1.54) is 19.3 Å². The second-order valence-corrected chi connectivity index (χ2v) is 9.27. The van der Waals surface area contributed by atoms with Gasteiger partial charge in [-0.05, 0) is 53.4 Å². The van der Waals surface area contributed by atoms with Crippen molar-refractivity contribution < 1.29 is 18.3 Å². The van der Waals surface area contributed by atoms with Crippen molar-refractivity contribution in [2.24, 2.45) is 0 Å². The molecule has 0 spiro atoms. The average molecular weight is 374 g/mol. The van der Waals surface area contributed by atoms with Crippen LogP contribution in [-0.4, -0.2) is 28.5 Å². The van der Waals surface area contributed by atoms with Crippen molar-refractivity contribution in [3.8, 4) is 11.8 Å². The third kappa shape index (κ3) is 6.63. The van der Waals surface area contributed by atoms with Crippen LogP contribution < -0.4 is 9.26 Å². The summed E-state index contributed by atoms with van der Waals surface area (Å²) < 4.78 is 23.0. The van der Waals surface area contributed by atoms with Gasteiger partial charge in [-0.2, -0.15) is 0 Å². The van der Waals surface area contributed by atoms with E-state index < -0.39 is 6.72 Å². The van der Waals surface area contributed by atoms with Gasteiger partial charge in [0, 0.05) is 23.9 Å². The van der Waals surface area contributed by atoms with Crippen LogP contribution in [0.4, 0.5) is 0 Å². The molecule has 0 aromatic carbocycles. The first-order chi connectivity index (χ1) is 11.4. The van der Waals surface area contributed by atoms with Crippen molar-refractivity contribution in [1.29, 1.82) is 0 Å². The lowest BCUT2D eigenvalue weighted by atomic mass is 9.98. The zero-order chi connectivity index (χ0) is 17.6. The van der Waals surface area contributed by atoms with E-state index in [2.05, 4.69) is 10.2 Å². The molecule has 6 nitrogen and oxygen atoms in total. The maximum absolute atomic E-state index is 5.86. The first kappa shape index (κ1) is 19.6. The van der Waals surface area contributed by atoms with Crippen LogP contribution in [0.25, 0.3) is 0 Å². The highest BCUT2D eigenvalue weighted by Gasteiger charge is 2.26. The molecular formula is C16H27N2O4PS. The second kappa shape index (κ2) is 9.09. The summed E-state index contributed by atoms with van der Waals surface area (Å²) in [6.07, 6.45) is 5.89. The first-order valence-electron chi connectivity index (χ1n) is 8.53. The van der Waals surface area contributed by atoms with Gasteiger partial charge in [0.25, 0.3) is 0 Å². The molecule has 0 unspecified atom stereocenters. The van der Waals surface area contributed by atoms with Crippen molar-refractivity contribution in [3.05, 3.63) is 12.1 Å². The molecule has 0 radical (unpaired) electrons. The fraction of sp³-hybridized carbons (Fsp3) is 0.750. The Bertz CT molecular complexity index is 534. The molecule has 0 atom stereocenters. The molecule has 24 heavy (non-hydrogen) atoms. The Morgan fingerprint density at radius 3 is 2.00 bits per heavy atom. The molecule has 0 N–H and O–H groups in total. The number of ether oxygens (including phenoxy) is 1. The van der Waals surface area contributed by atoms with Gasteiger partial charge in [-0.25, -0.2) is 0 Å². The van der Waals surface area contributed by atoms with Gasteiger partial charge in [-0.3, -0.25) is 9.05 Å². The predicted molar refractivity (Wildman–Crippen MR) is 96.9 cm³/mol. The van der Waals surface area contributed by atoms with E-state index in [-0.39, 0.29) is 24.2 Å². The van der Waals surface area contributed by atoms with Gasteiger partial charge in [0.15, 0.2) is 0 Å². The van der Waals surface area contributed by atoms with Crippen molar-refractivity contribution in [1.82, 2.24) is 10.2 Å². The minimum atomic E-state index is -2.91. The van der Waals surface area contributed by atoms with Gasteiger partial charge in [0.05, 0.1) is 12.2 Å². The topological polar surface area (TPSA) is 62.7 Å². The molecule has 1 aromatic heterocycles. The molecule has 1 aliphatic rings. The van der Waals surface area contributed by atoms with Gasteiger partial charge in [-0.1, -0.05) is 6.42 Å². The standard InChI is InChI=1S/C16H27N2O4PS/c1-12(2)20-23(24,21-13(3)4)22-16-11-10-15(17-18-16)19-14-8-6-5-7-9-14/h10-14H,5-9H2,1-4H3. The van der Waals surface area contributed by atoms with E-state index in [4.69, 9.17) is 30.1 Å². The summed E-state index contributed by atoms with van der Waals surface area (Å²) >= 11 is 5.45. The Balaban J connectivity index is 1.98. The molecule has 2 rings (SSSR count). The van der Waals surface area contributed by atoms with Crippen LogP contribution in [0.3, 0.4) is 0 Å². The van der Waals surface area contributed by atoms with E-state index in [0.29, 0.717) is 5.88 Å². The van der Waals surface area contributed by atoms with Crippen molar-refractivity contribution >= 4 is 18.5 Å². The van der Waals surface area contributed by atoms with Crippen LogP contribution >= 0.6 is 6.72 Å². The number of hydrogen-bond acceptors (Lipinski definition) is 7. The van der Waals surface area contributed by atoms with E-state index in [1.807, 2.05) is 27.7 Å². The second-order valence-electron chi connectivity index (χ2n) is 6.43. The van der Waals surface area contributed by atoms with Gasteiger partial charge in [-0.15, -0.1) is 10.2 Å². The Labute approximate surface area is 149 Å². The molecule has 0 saturated heterocycles. The van der Waals surface area contributed by atoms with Crippen LogP contribution in [0.2, 0.25) is 0 Å². The Morgan fingerprint density at radius 2 is 1.50 bits per heavy atom. The summed E-state index contributed by atoms with van der Waals surface area (Å²) in [7, 11) is 0. The highest BCUT2D eigenvalue weighted by molar-refractivity contribution is 8.07. The lowest BCUT2D eigenvalue weighted by Gasteiger charge is -2.25. The summed E-state index contributed by atoms with van der Waals surface area (Å²) in [5.41, 5.74) is 0. The molecule has 0 aliphatic heterocycles. The fourth-order valence-electron chi connectivity index (χ4n) is 2.47. The SMILES string of the molecule is CC(C)OP(=S)(Oc1ccc(OC2CCCCC2)nn1)OC(C)C. The van der Waals surface area contributed by atoms with E-state index >= 15 is 0 Å². The van der Waals surface area contributed by atoms with E-state index in [9.17, 15) is 0 Å². The van der Waals surface area contributed by atoms with Crippen molar-refractivity contribution in [2.75, 3.05) is 0 Å². The van der Waals surface area contributed by atoms with Crippen LogP contribution in [0.15, 0.2) is 12.1 Å². The summed E-state index contributed by atoms with van der Waals surface area (Å²) in [4.78, 5) is 0. The average Bonchev–Trinajstić information content (AvgIpc) is 2.48. The number of nitrogens with zero attached hydrogens (tertiary/aromatic N) is 2. The van der Waals surface area contributed by atoms with Crippen LogP contribution in [0.5, 0.6) is 11.8 Å². The summed E-state index contributed by atoms with van der Waals surface area (Å²) in [5, 5.41) is 8.13. The Kier molecular flexibility index (Phi) is 7.41. The first-order valence-corrected chi connectivity index (χ1v) is 11.1. The lowest BCUT2D eigenvalue weighted by Crippen LogP contribution is -2.20. The highest BCUT2D eigenvalue weighted by Crippen LogP contribution is 2.51. The van der Waals surface area contributed by atoms with Crippen LogP contribution in [-0.2, 0) is 20.9 Å². The van der Waals surface area contributed by atoms with Crippen LogP contribution in [0, 0.1) is 0 Å². The molecule has 1 aromatic rings. The zero-order valence-corrected chi connectivity index (χ0v) is 16.5. The van der Waals surface area contributed by atoms with Crippen LogP contribution in [0.1, 0.15) is 59.8 Å². The molecule has 136 valence electrons. The zero-order valence-electron chi connectivity index (χ0n) is 14.8. The molecule has 8 heteroatoms. The quantitative estimate of drug-likeness (QED) is 0.614. The largest absolute Gasteiger partial charge is 0.473 e. The molecule has 0 amide bonds. The molecule has 0 bridgehead atoms. The van der Waals surface area contributed by atoms with Crippen molar-refractivity contribution in [3.63, 3.8) is 0 Å². The van der Waals surface area contributed by atoms with E-state index in [0.717, 1.165) is 12.8 Å². The normalized spacial score (nSPS) is 16.6. The predicted octanol–water partition coefficient (Wildman–Crippen LogP) is 4.64. The molecule has 1 aliphatic carbocycles. The summed E-state index contributed by atoms with van der Waals surface area (Å²) in [6.45, 7) is 4.65. The number of hydrogen-bond donors (Lipinski definition) is 0. The summed E-state index contributed by atoms with van der Waals surface area (Å²) in [6, 6.07) is 3.45. The molecule has 1 fully saturated rings. The minimum absolute atomic E-state index is 0.101. The van der Waals surface area contributed by atoms with E-state index in [1.54, 1.807) is 12.1 Å². The van der Waals surface area contributed by atoms with Gasteiger partial charge in [0.1, 0.15) is 6.10 Å². The van der Waals surface area contributed by atoms with Crippen molar-refractivity contribution in [2.45, 2.75) is 78.1 Å². The molecular weight excluding hydrogens is 347 g/mol. The fourth-order valence-corrected chi connectivity index (χ4v) is 5.23. The maximum atomic E-state index is 5.86. The summed E-state index contributed by atoms with van der Waals surface area (Å²) in [5.74, 6) is 0.799. The Morgan fingerprint density at radius 1 is 0.958 bits per heavy atom. The third-order valence-corrected chi connectivity index (χ3v) is 5.85. The lowest BCUT2D eigenvalue weighted by molar-refractivity contribution is 0.137.